The Morgan fingerprint density at radius 1 is 1.24 bits per heavy atom. The van der Waals surface area contributed by atoms with E-state index in [2.05, 4.69) is 21.1 Å². The minimum atomic E-state index is -0.726. The lowest BCUT2D eigenvalue weighted by Gasteiger charge is -2.12. The van der Waals surface area contributed by atoms with Crippen molar-refractivity contribution in [1.29, 1.82) is 0 Å². The normalized spacial score (nSPS) is 11.5. The molecule has 0 heterocycles. The Labute approximate surface area is 128 Å². The van der Waals surface area contributed by atoms with Crippen molar-refractivity contribution >= 4 is 21.8 Å². The van der Waals surface area contributed by atoms with Crippen LogP contribution in [0.15, 0.2) is 46.0 Å². The van der Waals surface area contributed by atoms with E-state index in [1.165, 1.54) is 6.07 Å². The second-order valence-corrected chi connectivity index (χ2v) is 4.95. The SMILES string of the molecule is N/C(=N/O)c1ccccc1OCc1c(F)ccc(Br)c1F. The summed E-state index contributed by atoms with van der Waals surface area (Å²) in [6.45, 7) is -0.327. The van der Waals surface area contributed by atoms with Crippen LogP contribution in [0.25, 0.3) is 0 Å². The number of nitrogens with zero attached hydrogens (tertiary/aromatic N) is 1. The average molecular weight is 357 g/mol. The second kappa shape index (κ2) is 6.53. The Bertz CT molecular complexity index is 693. The highest BCUT2D eigenvalue weighted by Crippen LogP contribution is 2.24. The van der Waals surface area contributed by atoms with Gasteiger partial charge in [0, 0.05) is 0 Å². The molecular formula is C14H11BrF2N2O2. The van der Waals surface area contributed by atoms with E-state index in [0.29, 0.717) is 5.56 Å². The van der Waals surface area contributed by atoms with Gasteiger partial charge in [-0.3, -0.25) is 0 Å². The molecule has 0 spiro atoms. The molecule has 3 N–H and O–H groups in total. The van der Waals surface area contributed by atoms with Crippen molar-refractivity contribution in [1.82, 2.24) is 0 Å². The molecule has 0 aliphatic carbocycles. The fourth-order valence-electron chi connectivity index (χ4n) is 1.71. The van der Waals surface area contributed by atoms with E-state index in [1.807, 2.05) is 0 Å². The van der Waals surface area contributed by atoms with Crippen molar-refractivity contribution in [3.05, 3.63) is 63.6 Å². The number of ether oxygens (including phenoxy) is 1. The molecule has 110 valence electrons. The van der Waals surface area contributed by atoms with Crippen LogP contribution in [0.3, 0.4) is 0 Å². The van der Waals surface area contributed by atoms with E-state index in [0.717, 1.165) is 6.07 Å². The highest BCUT2D eigenvalue weighted by molar-refractivity contribution is 9.10. The van der Waals surface area contributed by atoms with Crippen LogP contribution < -0.4 is 10.5 Å². The maximum atomic E-state index is 13.8. The van der Waals surface area contributed by atoms with Crippen LogP contribution in [0, 0.1) is 11.6 Å². The van der Waals surface area contributed by atoms with Crippen LogP contribution in [-0.4, -0.2) is 11.0 Å². The van der Waals surface area contributed by atoms with Crippen molar-refractivity contribution in [2.24, 2.45) is 10.9 Å². The number of nitrogens with two attached hydrogens (primary N) is 1. The Kier molecular flexibility index (Phi) is 4.74. The number of halogens is 3. The van der Waals surface area contributed by atoms with Crippen LogP contribution in [0.2, 0.25) is 0 Å². The first-order valence-electron chi connectivity index (χ1n) is 5.86. The molecule has 0 bridgehead atoms. The third-order valence-corrected chi connectivity index (χ3v) is 3.39. The summed E-state index contributed by atoms with van der Waals surface area (Å²) < 4.78 is 33.0. The molecule has 0 aliphatic rings. The Balaban J connectivity index is 2.28. The number of hydrogen-bond acceptors (Lipinski definition) is 3. The maximum Gasteiger partial charge on any atom is 0.173 e. The molecule has 0 aromatic heterocycles. The third kappa shape index (κ3) is 3.30. The first-order valence-corrected chi connectivity index (χ1v) is 6.66. The first kappa shape index (κ1) is 15.2. The first-order chi connectivity index (χ1) is 10.0. The van der Waals surface area contributed by atoms with Crippen molar-refractivity contribution in [3.8, 4) is 5.75 Å². The van der Waals surface area contributed by atoms with Crippen LogP contribution in [0.4, 0.5) is 8.78 Å². The lowest BCUT2D eigenvalue weighted by Crippen LogP contribution is -2.15. The zero-order valence-corrected chi connectivity index (χ0v) is 12.3. The monoisotopic (exact) mass is 356 g/mol. The summed E-state index contributed by atoms with van der Waals surface area (Å²) in [5.74, 6) is -1.33. The van der Waals surface area contributed by atoms with Gasteiger partial charge in [-0.15, -0.1) is 0 Å². The summed E-state index contributed by atoms with van der Waals surface area (Å²) in [4.78, 5) is 0. The average Bonchev–Trinajstić information content (AvgIpc) is 2.50. The van der Waals surface area contributed by atoms with Gasteiger partial charge in [0.2, 0.25) is 0 Å². The third-order valence-electron chi connectivity index (χ3n) is 2.78. The minimum Gasteiger partial charge on any atom is -0.488 e. The molecule has 0 saturated carbocycles. The molecule has 0 radical (unpaired) electrons. The molecule has 0 atom stereocenters. The molecule has 0 saturated heterocycles. The van der Waals surface area contributed by atoms with Gasteiger partial charge in [-0.05, 0) is 40.2 Å². The lowest BCUT2D eigenvalue weighted by molar-refractivity contribution is 0.290. The van der Waals surface area contributed by atoms with Gasteiger partial charge in [0.25, 0.3) is 0 Å². The summed E-state index contributed by atoms with van der Waals surface area (Å²) in [5, 5.41) is 11.6. The zero-order valence-electron chi connectivity index (χ0n) is 10.7. The van der Waals surface area contributed by atoms with Gasteiger partial charge in [0.15, 0.2) is 5.84 Å². The number of rotatable bonds is 4. The molecule has 2 aromatic rings. The molecule has 21 heavy (non-hydrogen) atoms. The van der Waals surface area contributed by atoms with E-state index in [9.17, 15) is 8.78 Å². The van der Waals surface area contributed by atoms with Gasteiger partial charge >= 0.3 is 0 Å². The summed E-state index contributed by atoms with van der Waals surface area (Å²) in [5.41, 5.74) is 5.63. The van der Waals surface area contributed by atoms with Crippen LogP contribution >= 0.6 is 15.9 Å². The summed E-state index contributed by atoms with van der Waals surface area (Å²) in [6.07, 6.45) is 0. The number of para-hydroxylation sites is 1. The zero-order chi connectivity index (χ0) is 15.4. The van der Waals surface area contributed by atoms with Crippen LogP contribution in [0.1, 0.15) is 11.1 Å². The summed E-state index contributed by atoms with van der Waals surface area (Å²) in [7, 11) is 0. The number of hydrogen-bond donors (Lipinski definition) is 2. The van der Waals surface area contributed by atoms with E-state index in [4.69, 9.17) is 15.7 Å². The van der Waals surface area contributed by atoms with E-state index in [-0.39, 0.29) is 28.2 Å². The molecule has 4 nitrogen and oxygen atoms in total. The second-order valence-electron chi connectivity index (χ2n) is 4.09. The molecule has 0 unspecified atom stereocenters. The predicted molar refractivity (Wildman–Crippen MR) is 77.3 cm³/mol. The van der Waals surface area contributed by atoms with Gasteiger partial charge in [-0.2, -0.15) is 0 Å². The molecule has 2 aromatic carbocycles. The van der Waals surface area contributed by atoms with Crippen molar-refractivity contribution in [2.75, 3.05) is 0 Å². The highest BCUT2D eigenvalue weighted by Gasteiger charge is 2.14. The van der Waals surface area contributed by atoms with E-state index < -0.39 is 11.6 Å². The lowest BCUT2D eigenvalue weighted by atomic mass is 10.2. The summed E-state index contributed by atoms with van der Waals surface area (Å²) in [6, 6.07) is 8.87. The molecule has 0 amide bonds. The number of benzene rings is 2. The van der Waals surface area contributed by atoms with Gasteiger partial charge in [0.05, 0.1) is 15.6 Å². The van der Waals surface area contributed by atoms with Crippen molar-refractivity contribution in [2.45, 2.75) is 6.61 Å². The van der Waals surface area contributed by atoms with Gasteiger partial charge < -0.3 is 15.7 Å². The Morgan fingerprint density at radius 2 is 1.95 bits per heavy atom. The fraction of sp³-hybridized carbons (Fsp3) is 0.0714. The molecule has 2 rings (SSSR count). The van der Waals surface area contributed by atoms with E-state index >= 15 is 0 Å². The van der Waals surface area contributed by atoms with E-state index in [1.54, 1.807) is 24.3 Å². The largest absolute Gasteiger partial charge is 0.488 e. The van der Waals surface area contributed by atoms with Crippen LogP contribution in [0.5, 0.6) is 5.75 Å². The quantitative estimate of drug-likeness (QED) is 0.290. The Hall–Kier alpha value is -2.15. The molecule has 0 aliphatic heterocycles. The molecule has 7 heteroatoms. The minimum absolute atomic E-state index is 0.146. The Morgan fingerprint density at radius 3 is 2.67 bits per heavy atom. The fourth-order valence-corrected chi connectivity index (χ4v) is 2.08. The topological polar surface area (TPSA) is 67.8 Å². The van der Waals surface area contributed by atoms with Gasteiger partial charge in [-0.1, -0.05) is 17.3 Å². The van der Waals surface area contributed by atoms with Crippen LogP contribution in [-0.2, 0) is 6.61 Å². The standard InChI is InChI=1S/C14H11BrF2N2O2/c15-10-5-6-11(16)9(13(10)17)7-21-12-4-2-1-3-8(12)14(18)19-20/h1-6,20H,7H2,(H2,18,19). The van der Waals surface area contributed by atoms with Crippen molar-refractivity contribution < 1.29 is 18.7 Å². The highest BCUT2D eigenvalue weighted by atomic mass is 79.9. The number of oxime groups is 1. The maximum absolute atomic E-state index is 13.8. The number of amidine groups is 1. The van der Waals surface area contributed by atoms with Gasteiger partial charge in [-0.25, -0.2) is 8.78 Å². The summed E-state index contributed by atoms with van der Waals surface area (Å²) >= 11 is 2.99. The van der Waals surface area contributed by atoms with Gasteiger partial charge in [0.1, 0.15) is 24.0 Å². The smallest absolute Gasteiger partial charge is 0.173 e. The van der Waals surface area contributed by atoms with Crippen molar-refractivity contribution in [3.63, 3.8) is 0 Å². The molecule has 0 fully saturated rings. The molecular weight excluding hydrogens is 346 g/mol. The predicted octanol–water partition coefficient (Wildman–Crippen LogP) is 3.40.